The molecule has 13 nitrogen and oxygen atoms in total. The number of fused-ring (bicyclic) bond motifs is 2. The number of nitriles is 1. The highest BCUT2D eigenvalue weighted by Crippen LogP contribution is 2.48. The number of anilines is 2. The molecule has 3 fully saturated rings. The molecule has 0 saturated carbocycles. The van der Waals surface area contributed by atoms with Gasteiger partial charge in [0.2, 0.25) is 23.5 Å². The van der Waals surface area contributed by atoms with Crippen molar-refractivity contribution in [1.82, 2.24) is 30.0 Å². The number of halogens is 1. The molecule has 3 saturated heterocycles. The molecule has 4 aliphatic rings. The van der Waals surface area contributed by atoms with Crippen LogP contribution in [0.1, 0.15) is 74.8 Å². The van der Waals surface area contributed by atoms with Crippen molar-refractivity contribution in [3.05, 3.63) is 21.9 Å². The van der Waals surface area contributed by atoms with E-state index in [1.54, 1.807) is 13.8 Å². The molecule has 3 N–H and O–H groups in total. The fourth-order valence-electron chi connectivity index (χ4n) is 7.41. The normalized spacial score (nSPS) is 28.6. The van der Waals surface area contributed by atoms with Crippen LogP contribution in [0.3, 0.4) is 0 Å². The zero-order chi connectivity index (χ0) is 31.6. The summed E-state index contributed by atoms with van der Waals surface area (Å²) in [6.07, 6.45) is 3.35. The van der Waals surface area contributed by atoms with E-state index < -0.39 is 23.3 Å². The molecule has 0 amide bonds. The predicted octanol–water partition coefficient (Wildman–Crippen LogP) is 3.01. The van der Waals surface area contributed by atoms with Gasteiger partial charge < -0.3 is 29.7 Å². The highest BCUT2D eigenvalue weighted by molar-refractivity contribution is 7.16. The molecule has 15 heteroatoms. The number of hydrogen-bond acceptors (Lipinski definition) is 14. The van der Waals surface area contributed by atoms with Crippen LogP contribution in [0.4, 0.5) is 15.3 Å². The number of thiophene rings is 1. The van der Waals surface area contributed by atoms with E-state index in [0.717, 1.165) is 42.7 Å². The zero-order valence-electron chi connectivity index (χ0n) is 25.8. The fraction of sp³-hybridized carbons (Fsp3) is 0.667. The topological polar surface area (TPSA) is 173 Å². The largest absolute Gasteiger partial charge is 0.461 e. The summed E-state index contributed by atoms with van der Waals surface area (Å²) < 4.78 is 32.4. The first-order valence-corrected chi connectivity index (χ1v) is 16.3. The van der Waals surface area contributed by atoms with Gasteiger partial charge in [0.15, 0.2) is 0 Å². The molecule has 240 valence electrons. The maximum Gasteiger partial charge on any atom is 0.321 e. The molecule has 0 radical (unpaired) electrons. The van der Waals surface area contributed by atoms with Gasteiger partial charge in [-0.3, -0.25) is 4.90 Å². The third kappa shape index (κ3) is 5.31. The summed E-state index contributed by atoms with van der Waals surface area (Å²) in [4.78, 5) is 23.9. The molecule has 3 aliphatic heterocycles. The molecule has 6 heterocycles. The third-order valence-corrected chi connectivity index (χ3v) is 10.9. The van der Waals surface area contributed by atoms with E-state index in [0.29, 0.717) is 61.5 Å². The van der Waals surface area contributed by atoms with Crippen LogP contribution in [0, 0.1) is 11.3 Å². The average molecular weight is 640 g/mol. The van der Waals surface area contributed by atoms with Gasteiger partial charge in [0.25, 0.3) is 0 Å². The van der Waals surface area contributed by atoms with Crippen molar-refractivity contribution in [2.45, 2.75) is 88.1 Å². The smallest absolute Gasteiger partial charge is 0.321 e. The van der Waals surface area contributed by atoms with E-state index in [1.165, 1.54) is 11.3 Å². The Morgan fingerprint density at radius 1 is 1.18 bits per heavy atom. The van der Waals surface area contributed by atoms with E-state index in [4.69, 9.17) is 29.7 Å². The van der Waals surface area contributed by atoms with Crippen LogP contribution in [0.15, 0.2) is 4.52 Å². The van der Waals surface area contributed by atoms with E-state index in [-0.39, 0.29) is 29.8 Å². The Morgan fingerprint density at radius 2 is 2.02 bits per heavy atom. The van der Waals surface area contributed by atoms with E-state index >= 15 is 0 Å². The standard InChI is InChI=1S/C30H38FN9O4S/c1-28(2,41)20-15-39(10-11-42-20)26-35-23(36-27(37-26)43-16-30-8-5-9-40(30)14-17(31)12-30)24-34-25(44-38-24)29(3)7-4-6-19-21(29)18(13-32)22(33)45-19/h17,20,41H,4-12,14-16,33H2,1-3H3/t17-,20-,29+,30+/m1/s1. The SMILES string of the molecule is CC(C)(O)[C@H]1CN(c2nc(OC[C@@]34CCCN3C[C@H](F)C4)nc(-c3noc([C@@]4(C)CCCc5sc(N)c(C#N)c54)n3)n2)CCO1. The zero-order valence-corrected chi connectivity index (χ0v) is 26.6. The van der Waals surface area contributed by atoms with Crippen molar-refractivity contribution >= 4 is 22.3 Å². The van der Waals surface area contributed by atoms with Crippen LogP contribution in [-0.2, 0) is 16.6 Å². The molecule has 0 aromatic carbocycles. The van der Waals surface area contributed by atoms with Gasteiger partial charge in [-0.2, -0.15) is 25.2 Å². The lowest BCUT2D eigenvalue weighted by atomic mass is 9.72. The lowest BCUT2D eigenvalue weighted by Gasteiger charge is -2.38. The molecule has 1 aliphatic carbocycles. The molecule has 7 rings (SSSR count). The van der Waals surface area contributed by atoms with Gasteiger partial charge in [-0.05, 0) is 59.4 Å². The first kappa shape index (κ1) is 30.2. The number of aromatic nitrogens is 5. The highest BCUT2D eigenvalue weighted by atomic mass is 32.1. The molecule has 3 aromatic heterocycles. The van der Waals surface area contributed by atoms with Crippen molar-refractivity contribution in [2.24, 2.45) is 0 Å². The summed E-state index contributed by atoms with van der Waals surface area (Å²) >= 11 is 1.44. The second-order valence-electron chi connectivity index (χ2n) is 13.4. The van der Waals surface area contributed by atoms with Crippen molar-refractivity contribution < 1.29 is 23.5 Å². The summed E-state index contributed by atoms with van der Waals surface area (Å²) in [7, 11) is 0. The number of nitrogens with zero attached hydrogens (tertiary/aromatic N) is 8. The summed E-state index contributed by atoms with van der Waals surface area (Å²) in [6.45, 7) is 8.14. The van der Waals surface area contributed by atoms with Crippen molar-refractivity contribution in [1.29, 1.82) is 5.26 Å². The van der Waals surface area contributed by atoms with Crippen LogP contribution in [0.5, 0.6) is 6.01 Å². The Hall–Kier alpha value is -3.45. The van der Waals surface area contributed by atoms with Crippen LogP contribution < -0.4 is 15.4 Å². The van der Waals surface area contributed by atoms with Gasteiger partial charge in [-0.1, -0.05) is 5.16 Å². The molecule has 0 bridgehead atoms. The number of alkyl halides is 1. The Balaban J connectivity index is 1.24. The number of nitrogen functional groups attached to an aromatic ring is 1. The minimum absolute atomic E-state index is 0.0831. The van der Waals surface area contributed by atoms with Gasteiger partial charge in [-0.15, -0.1) is 11.3 Å². The van der Waals surface area contributed by atoms with Crippen molar-refractivity contribution in [2.75, 3.05) is 50.0 Å². The Bertz CT molecular complexity index is 1640. The minimum atomic E-state index is -1.07. The summed E-state index contributed by atoms with van der Waals surface area (Å²) in [5.41, 5.74) is 5.37. The average Bonchev–Trinajstić information content (AvgIpc) is 3.78. The summed E-state index contributed by atoms with van der Waals surface area (Å²) in [5, 5.41) is 25.3. The monoisotopic (exact) mass is 639 g/mol. The van der Waals surface area contributed by atoms with Gasteiger partial charge in [0, 0.05) is 36.5 Å². The highest BCUT2D eigenvalue weighted by Gasteiger charge is 2.49. The number of hydrogen-bond donors (Lipinski definition) is 2. The third-order valence-electron chi connectivity index (χ3n) is 9.82. The van der Waals surface area contributed by atoms with Gasteiger partial charge in [-0.25, -0.2) is 4.39 Å². The Morgan fingerprint density at radius 3 is 2.82 bits per heavy atom. The number of aliphatic hydroxyl groups is 1. The molecule has 0 unspecified atom stereocenters. The van der Waals surface area contributed by atoms with Gasteiger partial charge >= 0.3 is 6.01 Å². The van der Waals surface area contributed by atoms with E-state index in [9.17, 15) is 14.8 Å². The molecule has 0 spiro atoms. The fourth-order valence-corrected chi connectivity index (χ4v) is 8.60. The number of rotatable bonds is 7. The molecular weight excluding hydrogens is 601 g/mol. The predicted molar refractivity (Wildman–Crippen MR) is 163 cm³/mol. The molecule has 4 atom stereocenters. The summed E-state index contributed by atoms with van der Waals surface area (Å²) in [5.74, 6) is 1.01. The molecule has 3 aromatic rings. The summed E-state index contributed by atoms with van der Waals surface area (Å²) in [6, 6.07) is 2.36. The number of ether oxygens (including phenoxy) is 2. The number of morpholine rings is 1. The lowest BCUT2D eigenvalue weighted by molar-refractivity contribution is -0.0930. The second kappa shape index (κ2) is 11.1. The van der Waals surface area contributed by atoms with E-state index in [1.807, 2.05) is 11.8 Å². The Labute approximate surface area is 264 Å². The maximum atomic E-state index is 14.4. The Kier molecular flexibility index (Phi) is 7.46. The van der Waals surface area contributed by atoms with Crippen LogP contribution >= 0.6 is 11.3 Å². The number of nitrogens with two attached hydrogens (primary N) is 1. The van der Waals surface area contributed by atoms with Crippen molar-refractivity contribution in [3.63, 3.8) is 0 Å². The lowest BCUT2D eigenvalue weighted by Crippen LogP contribution is -2.52. The van der Waals surface area contributed by atoms with Crippen molar-refractivity contribution in [3.8, 4) is 23.7 Å². The molecular formula is C30H38FN9O4S. The molecule has 45 heavy (non-hydrogen) atoms. The maximum absolute atomic E-state index is 14.4. The first-order valence-electron chi connectivity index (χ1n) is 15.5. The number of aryl methyl sites for hydroxylation is 1. The van der Waals surface area contributed by atoms with E-state index in [2.05, 4.69) is 26.1 Å². The van der Waals surface area contributed by atoms with Crippen LogP contribution in [0.2, 0.25) is 0 Å². The quantitative estimate of drug-likeness (QED) is 0.387. The van der Waals surface area contributed by atoms with Crippen LogP contribution in [0.25, 0.3) is 11.6 Å². The van der Waals surface area contributed by atoms with Gasteiger partial charge in [0.1, 0.15) is 30.0 Å². The van der Waals surface area contributed by atoms with Crippen LogP contribution in [-0.4, -0.2) is 97.9 Å². The second-order valence-corrected chi connectivity index (χ2v) is 14.6. The first-order chi connectivity index (χ1) is 21.5. The minimum Gasteiger partial charge on any atom is -0.461 e. The van der Waals surface area contributed by atoms with Gasteiger partial charge in [0.05, 0.1) is 28.7 Å².